The van der Waals surface area contributed by atoms with Crippen LogP contribution in [0.4, 0.5) is 5.69 Å². The fraction of sp³-hybridized carbons (Fsp3) is 0.286. The number of nitrogen functional groups attached to an aromatic ring is 1. The molecular formula is C14H17N3O3. The molecule has 2 rings (SSSR count). The molecule has 6 heteroatoms. The number of nitrogens with two attached hydrogens (primary N) is 1. The molecule has 0 saturated heterocycles. The quantitative estimate of drug-likeness (QED) is 0.869. The van der Waals surface area contributed by atoms with Gasteiger partial charge in [0.05, 0.1) is 13.7 Å². The number of methoxy groups -OCH3 is 1. The number of hydrogen-bond donors (Lipinski definition) is 1. The molecule has 2 N–H and O–H groups in total. The van der Waals surface area contributed by atoms with Crippen molar-refractivity contribution in [1.29, 1.82) is 0 Å². The van der Waals surface area contributed by atoms with Crippen LogP contribution in [0, 0.1) is 0 Å². The molecule has 0 radical (unpaired) electrons. The first-order valence-corrected chi connectivity index (χ1v) is 6.23. The van der Waals surface area contributed by atoms with Gasteiger partial charge in [0.2, 0.25) is 11.8 Å². The first-order chi connectivity index (χ1) is 9.74. The lowest BCUT2D eigenvalue weighted by atomic mass is 10.2. The van der Waals surface area contributed by atoms with Crippen LogP contribution in [0.15, 0.2) is 30.6 Å². The van der Waals surface area contributed by atoms with E-state index in [9.17, 15) is 0 Å². The molecule has 0 bridgehead atoms. The Balaban J connectivity index is 2.08. The Morgan fingerprint density at radius 3 is 2.60 bits per heavy atom. The number of nitrogens with zero attached hydrogens (tertiary/aromatic N) is 2. The zero-order chi connectivity index (χ0) is 14.4. The smallest absolute Gasteiger partial charge is 0.244 e. The standard InChI is InChI=1S/C14H17N3O3/c1-3-19-13-12(15)14(17-9-16-13)20-8-10-5-4-6-11(7-10)18-2/h4-7,9H,3,8,15H2,1-2H3. The van der Waals surface area contributed by atoms with E-state index in [0.29, 0.717) is 30.7 Å². The van der Waals surface area contributed by atoms with Crippen LogP contribution in [0.2, 0.25) is 0 Å². The van der Waals surface area contributed by atoms with Gasteiger partial charge in [0, 0.05) is 0 Å². The Morgan fingerprint density at radius 1 is 1.15 bits per heavy atom. The summed E-state index contributed by atoms with van der Waals surface area (Å²) in [5, 5.41) is 0. The van der Waals surface area contributed by atoms with E-state index in [1.165, 1.54) is 6.33 Å². The fourth-order valence-corrected chi connectivity index (χ4v) is 1.64. The van der Waals surface area contributed by atoms with Gasteiger partial charge in [0.1, 0.15) is 18.7 Å². The predicted molar refractivity (Wildman–Crippen MR) is 74.9 cm³/mol. The average molecular weight is 275 g/mol. The second-order valence-electron chi connectivity index (χ2n) is 3.97. The Kier molecular flexibility index (Phi) is 4.60. The van der Waals surface area contributed by atoms with E-state index >= 15 is 0 Å². The van der Waals surface area contributed by atoms with E-state index in [0.717, 1.165) is 11.3 Å². The SMILES string of the molecule is CCOc1ncnc(OCc2cccc(OC)c2)c1N. The molecule has 1 aromatic heterocycles. The van der Waals surface area contributed by atoms with Crippen LogP contribution in [-0.4, -0.2) is 23.7 Å². The van der Waals surface area contributed by atoms with Gasteiger partial charge in [-0.3, -0.25) is 0 Å². The van der Waals surface area contributed by atoms with Gasteiger partial charge in [-0.1, -0.05) is 12.1 Å². The van der Waals surface area contributed by atoms with Crippen molar-refractivity contribution >= 4 is 5.69 Å². The maximum Gasteiger partial charge on any atom is 0.244 e. The lowest BCUT2D eigenvalue weighted by Gasteiger charge is -2.10. The molecule has 0 amide bonds. The number of aromatic nitrogens is 2. The highest BCUT2D eigenvalue weighted by atomic mass is 16.5. The van der Waals surface area contributed by atoms with Crippen molar-refractivity contribution in [3.8, 4) is 17.5 Å². The van der Waals surface area contributed by atoms with Crippen LogP contribution in [0.25, 0.3) is 0 Å². The summed E-state index contributed by atoms with van der Waals surface area (Å²) in [5.41, 5.74) is 7.15. The number of benzene rings is 1. The Bertz CT molecular complexity index is 575. The van der Waals surface area contributed by atoms with Crippen LogP contribution in [0.3, 0.4) is 0 Å². The first-order valence-electron chi connectivity index (χ1n) is 6.23. The van der Waals surface area contributed by atoms with Gasteiger partial charge in [-0.05, 0) is 24.6 Å². The number of anilines is 1. The van der Waals surface area contributed by atoms with E-state index in [-0.39, 0.29) is 0 Å². The Labute approximate surface area is 117 Å². The second-order valence-corrected chi connectivity index (χ2v) is 3.97. The van der Waals surface area contributed by atoms with Gasteiger partial charge >= 0.3 is 0 Å². The number of rotatable bonds is 6. The summed E-state index contributed by atoms with van der Waals surface area (Å²) in [4.78, 5) is 7.96. The molecule has 0 saturated carbocycles. The van der Waals surface area contributed by atoms with Gasteiger partial charge in [-0.25, -0.2) is 0 Å². The highest BCUT2D eigenvalue weighted by Gasteiger charge is 2.10. The van der Waals surface area contributed by atoms with Crippen LogP contribution in [0.1, 0.15) is 12.5 Å². The predicted octanol–water partition coefficient (Wildman–Crippen LogP) is 2.05. The molecule has 6 nitrogen and oxygen atoms in total. The van der Waals surface area contributed by atoms with E-state index in [1.54, 1.807) is 7.11 Å². The van der Waals surface area contributed by atoms with Crippen LogP contribution in [0.5, 0.6) is 17.5 Å². The normalized spacial score (nSPS) is 10.1. The maximum atomic E-state index is 5.89. The zero-order valence-corrected chi connectivity index (χ0v) is 11.5. The van der Waals surface area contributed by atoms with Crippen molar-refractivity contribution in [2.24, 2.45) is 0 Å². The fourth-order valence-electron chi connectivity index (χ4n) is 1.64. The second kappa shape index (κ2) is 6.60. The maximum absolute atomic E-state index is 5.89. The number of hydrogen-bond acceptors (Lipinski definition) is 6. The summed E-state index contributed by atoms with van der Waals surface area (Å²) in [7, 11) is 1.62. The van der Waals surface area contributed by atoms with E-state index < -0.39 is 0 Å². The largest absolute Gasteiger partial charge is 0.497 e. The summed E-state index contributed by atoms with van der Waals surface area (Å²) in [6.07, 6.45) is 1.36. The third kappa shape index (κ3) is 3.28. The average Bonchev–Trinajstić information content (AvgIpc) is 2.48. The van der Waals surface area contributed by atoms with Crippen molar-refractivity contribution in [3.05, 3.63) is 36.2 Å². The third-order valence-electron chi connectivity index (χ3n) is 2.60. The Morgan fingerprint density at radius 2 is 1.90 bits per heavy atom. The number of ether oxygens (including phenoxy) is 3. The summed E-state index contributed by atoms with van der Waals surface area (Å²) >= 11 is 0. The highest BCUT2D eigenvalue weighted by Crippen LogP contribution is 2.27. The van der Waals surface area contributed by atoms with Crippen LogP contribution in [-0.2, 0) is 6.61 Å². The van der Waals surface area contributed by atoms with Gasteiger partial charge in [0.25, 0.3) is 0 Å². The first kappa shape index (κ1) is 13.9. The van der Waals surface area contributed by atoms with Gasteiger partial charge in [-0.2, -0.15) is 9.97 Å². The Hall–Kier alpha value is -2.50. The van der Waals surface area contributed by atoms with Crippen LogP contribution < -0.4 is 19.9 Å². The minimum Gasteiger partial charge on any atom is -0.497 e. The van der Waals surface area contributed by atoms with E-state index in [1.807, 2.05) is 31.2 Å². The molecular weight excluding hydrogens is 258 g/mol. The summed E-state index contributed by atoms with van der Waals surface area (Å²) in [6.45, 7) is 2.68. The van der Waals surface area contributed by atoms with Crippen molar-refractivity contribution < 1.29 is 14.2 Å². The summed E-state index contributed by atoms with van der Waals surface area (Å²) in [5.74, 6) is 1.42. The molecule has 0 spiro atoms. The van der Waals surface area contributed by atoms with E-state index in [2.05, 4.69) is 9.97 Å². The van der Waals surface area contributed by atoms with E-state index in [4.69, 9.17) is 19.9 Å². The minimum atomic E-state index is 0.303. The summed E-state index contributed by atoms with van der Waals surface area (Å²) in [6, 6.07) is 7.59. The van der Waals surface area contributed by atoms with Gasteiger partial charge in [-0.15, -0.1) is 0 Å². The molecule has 0 atom stereocenters. The van der Waals surface area contributed by atoms with Gasteiger partial charge < -0.3 is 19.9 Å². The third-order valence-corrected chi connectivity index (χ3v) is 2.60. The molecule has 0 unspecified atom stereocenters. The van der Waals surface area contributed by atoms with Crippen molar-refractivity contribution in [2.75, 3.05) is 19.5 Å². The van der Waals surface area contributed by atoms with Gasteiger partial charge in [0.15, 0.2) is 5.69 Å². The lowest BCUT2D eigenvalue weighted by molar-refractivity contribution is 0.286. The molecule has 2 aromatic rings. The molecule has 0 aliphatic carbocycles. The monoisotopic (exact) mass is 275 g/mol. The summed E-state index contributed by atoms with van der Waals surface area (Å²) < 4.78 is 16.0. The highest BCUT2D eigenvalue weighted by molar-refractivity contribution is 5.55. The van der Waals surface area contributed by atoms with Crippen molar-refractivity contribution in [2.45, 2.75) is 13.5 Å². The molecule has 1 aromatic carbocycles. The molecule has 106 valence electrons. The van der Waals surface area contributed by atoms with Crippen molar-refractivity contribution in [1.82, 2.24) is 9.97 Å². The molecule has 1 heterocycles. The molecule has 0 aliphatic heterocycles. The molecule has 0 fully saturated rings. The zero-order valence-electron chi connectivity index (χ0n) is 11.5. The topological polar surface area (TPSA) is 79.5 Å². The molecule has 0 aliphatic rings. The van der Waals surface area contributed by atoms with Crippen LogP contribution >= 0.6 is 0 Å². The molecule has 20 heavy (non-hydrogen) atoms. The minimum absolute atomic E-state index is 0.303. The lowest BCUT2D eigenvalue weighted by Crippen LogP contribution is -2.05. The van der Waals surface area contributed by atoms with Crippen molar-refractivity contribution in [3.63, 3.8) is 0 Å².